The fourth-order valence-electron chi connectivity index (χ4n) is 3.74. The zero-order chi connectivity index (χ0) is 17.4. The van der Waals surface area contributed by atoms with Crippen LogP contribution < -0.4 is 0 Å². The maximum absolute atomic E-state index is 14.7. The van der Waals surface area contributed by atoms with E-state index < -0.39 is 11.6 Å². The lowest BCUT2D eigenvalue weighted by atomic mass is 9.94. The monoisotopic (exact) mass is 354 g/mol. The van der Waals surface area contributed by atoms with Crippen LogP contribution in [-0.2, 0) is 0 Å². The van der Waals surface area contributed by atoms with Crippen molar-refractivity contribution in [1.82, 2.24) is 0 Å². The van der Waals surface area contributed by atoms with E-state index in [1.165, 1.54) is 42.6 Å². The van der Waals surface area contributed by atoms with Gasteiger partial charge in [0.25, 0.3) is 0 Å². The second-order valence-corrected chi connectivity index (χ2v) is 8.09. The van der Waals surface area contributed by atoms with E-state index in [9.17, 15) is 8.78 Å². The summed E-state index contributed by atoms with van der Waals surface area (Å²) in [5.41, 5.74) is 2.70. The van der Waals surface area contributed by atoms with Gasteiger partial charge in [-0.2, -0.15) is 0 Å². The molecule has 3 aromatic rings. The number of halogens is 2. The second-order valence-electron chi connectivity index (χ2n) is 6.80. The van der Waals surface area contributed by atoms with Crippen molar-refractivity contribution in [3.63, 3.8) is 0 Å². The minimum absolute atomic E-state index is 0.326. The topological polar surface area (TPSA) is 0 Å². The first-order valence-electron chi connectivity index (χ1n) is 8.78. The number of benzene rings is 2. The van der Waals surface area contributed by atoms with Gasteiger partial charge in [-0.1, -0.05) is 43.2 Å². The van der Waals surface area contributed by atoms with Crippen molar-refractivity contribution in [3.8, 4) is 21.6 Å². The molecule has 0 saturated heterocycles. The first-order valence-corrected chi connectivity index (χ1v) is 9.60. The van der Waals surface area contributed by atoms with Crippen molar-refractivity contribution in [2.45, 2.75) is 38.5 Å². The average molecular weight is 354 g/mol. The van der Waals surface area contributed by atoms with Crippen molar-refractivity contribution < 1.29 is 8.78 Å². The Hall–Kier alpha value is -2.00. The zero-order valence-electron chi connectivity index (χ0n) is 14.2. The van der Waals surface area contributed by atoms with Crippen LogP contribution in [0.3, 0.4) is 0 Å². The molecular weight excluding hydrogens is 334 g/mol. The Morgan fingerprint density at radius 3 is 2.08 bits per heavy atom. The van der Waals surface area contributed by atoms with Crippen molar-refractivity contribution in [2.24, 2.45) is 0 Å². The zero-order valence-corrected chi connectivity index (χ0v) is 15.0. The van der Waals surface area contributed by atoms with Gasteiger partial charge in [0, 0.05) is 20.9 Å². The summed E-state index contributed by atoms with van der Waals surface area (Å²) >= 11 is 1.47. The molecule has 25 heavy (non-hydrogen) atoms. The Kier molecular flexibility index (Phi) is 4.43. The van der Waals surface area contributed by atoms with Gasteiger partial charge in [-0.05, 0) is 55.0 Å². The lowest BCUT2D eigenvalue weighted by Gasteiger charge is -2.12. The van der Waals surface area contributed by atoms with Crippen molar-refractivity contribution in [1.29, 1.82) is 0 Å². The van der Waals surface area contributed by atoms with Crippen LogP contribution in [0.1, 0.15) is 42.0 Å². The molecule has 1 heterocycles. The van der Waals surface area contributed by atoms with Crippen LogP contribution in [0.5, 0.6) is 0 Å². The normalized spacial score (nSPS) is 15.0. The van der Waals surface area contributed by atoms with E-state index in [0.717, 1.165) is 15.3 Å². The Bertz CT molecular complexity index is 887. The molecule has 1 aliphatic carbocycles. The molecule has 0 unspecified atom stereocenters. The van der Waals surface area contributed by atoms with Gasteiger partial charge in [-0.15, -0.1) is 11.3 Å². The smallest absolute Gasteiger partial charge is 0.168 e. The fraction of sp³-hybridized carbons (Fsp3) is 0.273. The van der Waals surface area contributed by atoms with Crippen LogP contribution in [0.15, 0.2) is 48.5 Å². The highest BCUT2D eigenvalue weighted by Gasteiger charge is 2.19. The van der Waals surface area contributed by atoms with E-state index >= 15 is 0 Å². The maximum Gasteiger partial charge on any atom is 0.168 e. The van der Waals surface area contributed by atoms with Crippen molar-refractivity contribution in [2.75, 3.05) is 0 Å². The van der Waals surface area contributed by atoms with E-state index in [0.29, 0.717) is 17.0 Å². The van der Waals surface area contributed by atoms with Gasteiger partial charge in [0.05, 0.1) is 0 Å². The predicted molar refractivity (Wildman–Crippen MR) is 101 cm³/mol. The van der Waals surface area contributed by atoms with E-state index in [1.54, 1.807) is 12.1 Å². The number of thiophene rings is 1. The van der Waals surface area contributed by atoms with E-state index in [2.05, 4.69) is 12.1 Å². The molecule has 1 fully saturated rings. The Balaban J connectivity index is 1.67. The van der Waals surface area contributed by atoms with E-state index in [1.807, 2.05) is 31.2 Å². The van der Waals surface area contributed by atoms with Gasteiger partial charge in [0.2, 0.25) is 0 Å². The fourth-order valence-corrected chi connectivity index (χ4v) is 4.62. The van der Waals surface area contributed by atoms with Crippen molar-refractivity contribution >= 4 is 11.3 Å². The molecule has 4 rings (SSSR count). The first-order chi connectivity index (χ1) is 12.1. The molecule has 0 aliphatic heterocycles. The van der Waals surface area contributed by atoms with Crippen LogP contribution in [0.4, 0.5) is 8.78 Å². The van der Waals surface area contributed by atoms with E-state index in [-0.39, 0.29) is 0 Å². The molecule has 1 aliphatic rings. The van der Waals surface area contributed by atoms with Gasteiger partial charge in [-0.25, -0.2) is 8.78 Å². The molecule has 2 aromatic carbocycles. The number of aryl methyl sites for hydroxylation is 1. The summed E-state index contributed by atoms with van der Waals surface area (Å²) in [7, 11) is 0. The second kappa shape index (κ2) is 6.72. The minimum atomic E-state index is -0.767. The molecular formula is C22H20F2S. The van der Waals surface area contributed by atoms with Gasteiger partial charge in [0.1, 0.15) is 0 Å². The maximum atomic E-state index is 14.7. The third kappa shape index (κ3) is 3.13. The molecule has 0 nitrogen and oxygen atoms in total. The molecule has 0 N–H and O–H groups in total. The Morgan fingerprint density at radius 2 is 1.44 bits per heavy atom. The van der Waals surface area contributed by atoms with Gasteiger partial charge in [-0.3, -0.25) is 0 Å². The van der Waals surface area contributed by atoms with Gasteiger partial charge < -0.3 is 0 Å². The quantitative estimate of drug-likeness (QED) is 0.462. The average Bonchev–Trinajstić information content (AvgIpc) is 3.29. The summed E-state index contributed by atoms with van der Waals surface area (Å²) in [5.74, 6) is -0.906. The summed E-state index contributed by atoms with van der Waals surface area (Å²) in [6.07, 6.45) is 5.04. The van der Waals surface area contributed by atoms with Crippen LogP contribution in [0.2, 0.25) is 0 Å². The number of hydrogen-bond acceptors (Lipinski definition) is 1. The van der Waals surface area contributed by atoms with E-state index in [4.69, 9.17) is 0 Å². The van der Waals surface area contributed by atoms with Crippen LogP contribution in [-0.4, -0.2) is 0 Å². The molecule has 0 atom stereocenters. The van der Waals surface area contributed by atoms with Crippen molar-refractivity contribution in [3.05, 3.63) is 70.6 Å². The summed E-state index contributed by atoms with van der Waals surface area (Å²) in [6.45, 7) is 1.96. The highest BCUT2D eigenvalue weighted by atomic mass is 32.1. The number of hydrogen-bond donors (Lipinski definition) is 0. The van der Waals surface area contributed by atoms with Crippen LogP contribution >= 0.6 is 11.3 Å². The highest BCUT2D eigenvalue weighted by molar-refractivity contribution is 7.15. The standard InChI is InChI=1S/C22H20F2S/c1-14-6-13-20(25-14)19-12-11-18(21(23)22(19)24)17-9-7-16(8-10-17)15-4-2-3-5-15/h6-13,15H,2-5H2,1H3. The Labute approximate surface area is 151 Å². The highest BCUT2D eigenvalue weighted by Crippen LogP contribution is 2.37. The van der Waals surface area contributed by atoms with Crippen LogP contribution in [0, 0.1) is 18.6 Å². The molecule has 0 radical (unpaired) electrons. The van der Waals surface area contributed by atoms with Gasteiger partial charge in [0.15, 0.2) is 11.6 Å². The summed E-state index contributed by atoms with van der Waals surface area (Å²) in [6, 6.07) is 15.1. The molecule has 0 bridgehead atoms. The third-order valence-corrected chi connectivity index (χ3v) is 6.17. The molecule has 128 valence electrons. The number of rotatable bonds is 3. The van der Waals surface area contributed by atoms with Crippen LogP contribution in [0.25, 0.3) is 21.6 Å². The summed E-state index contributed by atoms with van der Waals surface area (Å²) in [4.78, 5) is 1.85. The third-order valence-electron chi connectivity index (χ3n) is 5.14. The summed E-state index contributed by atoms with van der Waals surface area (Å²) < 4.78 is 29.3. The Morgan fingerprint density at radius 1 is 0.800 bits per heavy atom. The SMILES string of the molecule is Cc1ccc(-c2ccc(-c3ccc(C4CCCC4)cc3)c(F)c2F)s1. The molecule has 3 heteroatoms. The first kappa shape index (κ1) is 16.5. The predicted octanol–water partition coefficient (Wildman–Crippen LogP) is 7.33. The van der Waals surface area contributed by atoms with Gasteiger partial charge >= 0.3 is 0 Å². The lowest BCUT2D eigenvalue weighted by Crippen LogP contribution is -1.95. The molecule has 1 aromatic heterocycles. The molecule has 0 amide bonds. The molecule has 0 spiro atoms. The largest absolute Gasteiger partial charge is 0.203 e. The summed E-state index contributed by atoms with van der Waals surface area (Å²) in [5, 5.41) is 0. The minimum Gasteiger partial charge on any atom is -0.203 e. The molecule has 1 saturated carbocycles. The lowest BCUT2D eigenvalue weighted by molar-refractivity contribution is 0.514.